The third-order valence-electron chi connectivity index (χ3n) is 8.65. The summed E-state index contributed by atoms with van der Waals surface area (Å²) < 4.78 is 77.1. The largest absolute Gasteiger partial charge is 0.465 e. The van der Waals surface area contributed by atoms with Crippen LogP contribution in [0.15, 0.2) is 66.9 Å². The van der Waals surface area contributed by atoms with E-state index in [0.717, 1.165) is 5.56 Å². The highest BCUT2D eigenvalue weighted by atomic mass is 19.3. The van der Waals surface area contributed by atoms with Crippen LogP contribution in [0.2, 0.25) is 0 Å². The molecule has 15 heteroatoms. The number of piperazine rings is 1. The van der Waals surface area contributed by atoms with Crippen molar-refractivity contribution in [1.29, 1.82) is 0 Å². The van der Waals surface area contributed by atoms with E-state index in [0.29, 0.717) is 27.6 Å². The number of methoxy groups -OCH3 is 1. The molecule has 11 nitrogen and oxygen atoms in total. The molecule has 1 aromatic heterocycles. The number of hydrogen-bond acceptors (Lipinski definition) is 9. The molecular formula is C38H42F4N4O7. The van der Waals surface area contributed by atoms with Gasteiger partial charge in [0.25, 0.3) is 6.43 Å². The van der Waals surface area contributed by atoms with Crippen molar-refractivity contribution in [1.82, 2.24) is 14.4 Å². The van der Waals surface area contributed by atoms with Crippen molar-refractivity contribution in [2.45, 2.75) is 65.5 Å². The molecule has 284 valence electrons. The van der Waals surface area contributed by atoms with Crippen LogP contribution in [0.5, 0.6) is 5.75 Å². The molecule has 1 unspecified atom stereocenters. The van der Waals surface area contributed by atoms with Gasteiger partial charge in [0.15, 0.2) is 0 Å². The molecule has 1 aliphatic heterocycles. The van der Waals surface area contributed by atoms with Crippen molar-refractivity contribution < 1.29 is 50.9 Å². The van der Waals surface area contributed by atoms with E-state index in [1.807, 2.05) is 11.0 Å². The summed E-state index contributed by atoms with van der Waals surface area (Å²) >= 11 is 0. The zero-order chi connectivity index (χ0) is 38.4. The van der Waals surface area contributed by atoms with Crippen molar-refractivity contribution in [3.8, 4) is 5.75 Å². The van der Waals surface area contributed by atoms with Gasteiger partial charge in [0, 0.05) is 49.4 Å². The lowest BCUT2D eigenvalue weighted by molar-refractivity contribution is -0.0510. The molecular weight excluding hydrogens is 700 g/mol. The first kappa shape index (κ1) is 39.1. The molecule has 2 heterocycles. The molecule has 3 aromatic carbocycles. The van der Waals surface area contributed by atoms with Gasteiger partial charge in [-0.25, -0.2) is 23.2 Å². The molecule has 0 spiro atoms. The molecule has 4 aromatic rings. The maximum Gasteiger partial charge on any atom is 0.419 e. The van der Waals surface area contributed by atoms with E-state index >= 15 is 0 Å². The first-order valence-electron chi connectivity index (χ1n) is 16.9. The van der Waals surface area contributed by atoms with Crippen LogP contribution in [0.25, 0.3) is 10.9 Å². The molecule has 5 rings (SSSR count). The number of halogens is 4. The minimum absolute atomic E-state index is 0.00494. The third-order valence-corrected chi connectivity index (χ3v) is 8.65. The van der Waals surface area contributed by atoms with Gasteiger partial charge in [-0.2, -0.15) is 8.78 Å². The summed E-state index contributed by atoms with van der Waals surface area (Å²) in [5, 5.41) is 3.07. The Morgan fingerprint density at radius 2 is 1.72 bits per heavy atom. The number of rotatable bonds is 11. The number of aryl methyl sites for hydroxylation is 1. The standard InChI is InChI=1S/C38H42F4N4O7/c1-23-17-31(52-35(41)42)28(26-13-14-46(33(23)26)37(49)53-38(2,3)4)19-45-16-15-44(21-32(39)40)20-30(45)25-11-12-27(34(47)50-5)29(18-25)43-36(48)51-22-24-9-7-6-8-10-24/h6-14,17-18,30,32,35H,15-16,19-22H2,1-5H3,(H,43,48). The van der Waals surface area contributed by atoms with Gasteiger partial charge in [-0.05, 0) is 68.7 Å². The number of amides is 1. The van der Waals surface area contributed by atoms with Gasteiger partial charge in [-0.3, -0.25) is 19.7 Å². The Hall–Kier alpha value is -5.15. The van der Waals surface area contributed by atoms with Crippen molar-refractivity contribution in [2.75, 3.05) is 38.6 Å². The number of carbonyl (C=O) groups excluding carboxylic acids is 3. The summed E-state index contributed by atoms with van der Waals surface area (Å²) in [6.07, 6.45) is -2.62. The van der Waals surface area contributed by atoms with Crippen LogP contribution >= 0.6 is 0 Å². The van der Waals surface area contributed by atoms with E-state index in [9.17, 15) is 31.9 Å². The Bertz CT molecular complexity index is 1930. The fourth-order valence-electron chi connectivity index (χ4n) is 6.37. The highest BCUT2D eigenvalue weighted by Crippen LogP contribution is 2.38. The van der Waals surface area contributed by atoms with E-state index in [1.165, 1.54) is 30.0 Å². The molecule has 53 heavy (non-hydrogen) atoms. The number of fused-ring (bicyclic) bond motifs is 1. The molecule has 0 saturated carbocycles. The number of nitrogens with one attached hydrogen (secondary N) is 1. The van der Waals surface area contributed by atoms with Gasteiger partial charge in [0.1, 0.15) is 18.0 Å². The maximum atomic E-state index is 13.8. The number of benzene rings is 3. The van der Waals surface area contributed by atoms with Gasteiger partial charge in [0.05, 0.1) is 30.4 Å². The van der Waals surface area contributed by atoms with E-state index in [1.54, 1.807) is 75.1 Å². The average molecular weight is 743 g/mol. The summed E-state index contributed by atoms with van der Waals surface area (Å²) in [5.41, 5.74) is 1.82. The van der Waals surface area contributed by atoms with Crippen LogP contribution < -0.4 is 10.1 Å². The lowest BCUT2D eigenvalue weighted by atomic mass is 9.97. The fraction of sp³-hybridized carbons (Fsp3) is 0.395. The second kappa shape index (κ2) is 16.7. The molecule has 0 radical (unpaired) electrons. The van der Waals surface area contributed by atoms with Crippen molar-refractivity contribution in [3.63, 3.8) is 0 Å². The summed E-state index contributed by atoms with van der Waals surface area (Å²) in [5.74, 6) is -0.842. The minimum Gasteiger partial charge on any atom is -0.465 e. The first-order valence-corrected chi connectivity index (χ1v) is 16.9. The van der Waals surface area contributed by atoms with Crippen molar-refractivity contribution >= 4 is 34.7 Å². The molecule has 1 fully saturated rings. The highest BCUT2D eigenvalue weighted by molar-refractivity contribution is 6.00. The molecule has 1 saturated heterocycles. The minimum atomic E-state index is -3.15. The molecule has 1 aliphatic rings. The normalized spacial score (nSPS) is 15.5. The molecule has 0 bridgehead atoms. The predicted octanol–water partition coefficient (Wildman–Crippen LogP) is 7.99. The zero-order valence-corrected chi connectivity index (χ0v) is 30.0. The second-order valence-electron chi connectivity index (χ2n) is 13.6. The maximum absolute atomic E-state index is 13.8. The average Bonchev–Trinajstić information content (AvgIpc) is 3.55. The lowest BCUT2D eigenvalue weighted by Gasteiger charge is -2.42. The number of alkyl halides is 4. The number of aromatic nitrogens is 1. The lowest BCUT2D eigenvalue weighted by Crippen LogP contribution is -2.49. The number of esters is 1. The van der Waals surface area contributed by atoms with Crippen LogP contribution in [-0.2, 0) is 27.4 Å². The third kappa shape index (κ3) is 9.84. The SMILES string of the molecule is COC(=O)c1ccc(C2CN(CC(F)F)CCN2Cc2c(OC(F)F)cc(C)c3c2ccn3C(=O)OC(C)(C)C)cc1NC(=O)OCc1ccccc1. The number of nitrogens with zero attached hydrogens (tertiary/aromatic N) is 3. The van der Waals surface area contributed by atoms with Crippen LogP contribution in [0.4, 0.5) is 32.8 Å². The Morgan fingerprint density at radius 3 is 2.38 bits per heavy atom. The number of anilines is 1. The quantitative estimate of drug-likeness (QED) is 0.0929. The van der Waals surface area contributed by atoms with Crippen LogP contribution in [0.3, 0.4) is 0 Å². The zero-order valence-electron chi connectivity index (χ0n) is 30.0. The van der Waals surface area contributed by atoms with Gasteiger partial charge in [-0.15, -0.1) is 0 Å². The van der Waals surface area contributed by atoms with Crippen LogP contribution in [0, 0.1) is 6.92 Å². The van der Waals surface area contributed by atoms with E-state index in [2.05, 4.69) is 5.32 Å². The summed E-state index contributed by atoms with van der Waals surface area (Å²) in [6, 6.07) is 16.0. The van der Waals surface area contributed by atoms with E-state index in [4.69, 9.17) is 18.9 Å². The Balaban J connectivity index is 1.54. The molecule has 1 atom stereocenters. The van der Waals surface area contributed by atoms with Crippen LogP contribution in [-0.4, -0.2) is 84.4 Å². The number of hydrogen-bond donors (Lipinski definition) is 1. The number of ether oxygens (including phenoxy) is 4. The van der Waals surface area contributed by atoms with Crippen LogP contribution in [0.1, 0.15) is 59.4 Å². The topological polar surface area (TPSA) is 112 Å². The Kier molecular flexibility index (Phi) is 12.3. The van der Waals surface area contributed by atoms with Gasteiger partial charge in [0.2, 0.25) is 0 Å². The van der Waals surface area contributed by atoms with E-state index in [-0.39, 0.29) is 49.8 Å². The van der Waals surface area contributed by atoms with Gasteiger partial charge >= 0.3 is 24.8 Å². The Labute approximate surface area is 304 Å². The molecule has 0 aliphatic carbocycles. The van der Waals surface area contributed by atoms with E-state index < -0.39 is 49.4 Å². The smallest absolute Gasteiger partial charge is 0.419 e. The van der Waals surface area contributed by atoms with Crippen molar-refractivity contribution in [2.24, 2.45) is 0 Å². The van der Waals surface area contributed by atoms with Gasteiger partial charge < -0.3 is 18.9 Å². The van der Waals surface area contributed by atoms with Gasteiger partial charge in [-0.1, -0.05) is 36.4 Å². The summed E-state index contributed by atoms with van der Waals surface area (Å²) in [4.78, 5) is 42.3. The summed E-state index contributed by atoms with van der Waals surface area (Å²) in [6.45, 7) is 3.71. The molecule has 1 N–H and O–H groups in total. The molecule has 1 amide bonds. The van der Waals surface area contributed by atoms with Crippen molar-refractivity contribution in [3.05, 3.63) is 94.7 Å². The Morgan fingerprint density at radius 1 is 0.981 bits per heavy atom. The summed E-state index contributed by atoms with van der Waals surface area (Å²) in [7, 11) is 1.19. The predicted molar refractivity (Wildman–Crippen MR) is 189 cm³/mol. The highest BCUT2D eigenvalue weighted by Gasteiger charge is 2.33. The number of carbonyl (C=O) groups is 3. The fourth-order valence-corrected chi connectivity index (χ4v) is 6.37. The first-order chi connectivity index (χ1) is 25.1. The monoisotopic (exact) mass is 742 g/mol. The second-order valence-corrected chi connectivity index (χ2v) is 13.6.